The lowest BCUT2D eigenvalue weighted by atomic mass is 10.2. The Morgan fingerprint density at radius 2 is 2.30 bits per heavy atom. The Morgan fingerprint density at radius 3 is 2.90 bits per heavy atom. The Labute approximate surface area is 117 Å². The van der Waals surface area contributed by atoms with Crippen LogP contribution in [0.15, 0.2) is 18.2 Å². The number of amides is 2. The summed E-state index contributed by atoms with van der Waals surface area (Å²) in [7, 11) is 1.56. The lowest BCUT2D eigenvalue weighted by Gasteiger charge is -2.15. The molecule has 108 valence electrons. The molecule has 1 aliphatic heterocycles. The fraction of sp³-hybridized carbons (Fsp3) is 0.429. The highest BCUT2D eigenvalue weighted by atomic mass is 16.5. The maximum Gasteiger partial charge on any atom is 0.226 e. The average molecular weight is 277 g/mol. The Balaban J connectivity index is 1.86. The number of hydrogen-bond acceptors (Lipinski definition) is 4. The van der Waals surface area contributed by atoms with Crippen molar-refractivity contribution in [1.29, 1.82) is 0 Å². The lowest BCUT2D eigenvalue weighted by molar-refractivity contribution is -0.128. The van der Waals surface area contributed by atoms with Crippen LogP contribution in [0.1, 0.15) is 19.3 Å². The number of benzene rings is 1. The summed E-state index contributed by atoms with van der Waals surface area (Å²) in [6.07, 6.45) is 1.75. The lowest BCUT2D eigenvalue weighted by Crippen LogP contribution is -2.28. The van der Waals surface area contributed by atoms with Crippen molar-refractivity contribution in [1.82, 2.24) is 4.90 Å². The molecule has 1 aromatic carbocycles. The summed E-state index contributed by atoms with van der Waals surface area (Å²) in [4.78, 5) is 25.0. The van der Waals surface area contributed by atoms with Crippen LogP contribution in [-0.4, -0.2) is 36.9 Å². The van der Waals surface area contributed by atoms with E-state index in [9.17, 15) is 9.59 Å². The molecule has 3 N–H and O–H groups in total. The zero-order valence-corrected chi connectivity index (χ0v) is 11.5. The summed E-state index contributed by atoms with van der Waals surface area (Å²) in [5.74, 6) is 0.617. The van der Waals surface area contributed by atoms with Gasteiger partial charge in [-0.15, -0.1) is 0 Å². The van der Waals surface area contributed by atoms with Crippen LogP contribution < -0.4 is 15.8 Å². The Kier molecular flexibility index (Phi) is 4.45. The van der Waals surface area contributed by atoms with Gasteiger partial charge in [0.25, 0.3) is 0 Å². The summed E-state index contributed by atoms with van der Waals surface area (Å²) in [5.41, 5.74) is 6.84. The number of nitrogens with zero attached hydrogens (tertiary/aromatic N) is 1. The zero-order valence-electron chi connectivity index (χ0n) is 11.5. The van der Waals surface area contributed by atoms with Gasteiger partial charge in [0.1, 0.15) is 5.75 Å². The van der Waals surface area contributed by atoms with Crippen molar-refractivity contribution < 1.29 is 14.3 Å². The monoisotopic (exact) mass is 277 g/mol. The molecular formula is C14H19N3O3. The van der Waals surface area contributed by atoms with Gasteiger partial charge in [-0.1, -0.05) is 0 Å². The van der Waals surface area contributed by atoms with E-state index in [1.165, 1.54) is 0 Å². The molecule has 20 heavy (non-hydrogen) atoms. The van der Waals surface area contributed by atoms with Crippen molar-refractivity contribution in [3.8, 4) is 5.75 Å². The third kappa shape index (κ3) is 3.40. The van der Waals surface area contributed by atoms with Gasteiger partial charge in [-0.25, -0.2) is 0 Å². The van der Waals surface area contributed by atoms with Crippen LogP contribution in [-0.2, 0) is 9.59 Å². The molecule has 0 aromatic heterocycles. The predicted molar refractivity (Wildman–Crippen MR) is 76.5 cm³/mol. The molecule has 0 atom stereocenters. The number of likely N-dealkylation sites (tertiary alicyclic amines) is 1. The van der Waals surface area contributed by atoms with E-state index in [1.54, 1.807) is 30.2 Å². The number of nitrogens with two attached hydrogens (primary N) is 1. The van der Waals surface area contributed by atoms with Crippen molar-refractivity contribution in [2.45, 2.75) is 19.3 Å². The Bertz CT molecular complexity index is 516. The summed E-state index contributed by atoms with van der Waals surface area (Å²) in [5, 5.41) is 2.74. The van der Waals surface area contributed by atoms with Crippen LogP contribution >= 0.6 is 0 Å². The molecule has 0 unspecified atom stereocenters. The van der Waals surface area contributed by atoms with Gasteiger partial charge in [0.05, 0.1) is 18.5 Å². The quantitative estimate of drug-likeness (QED) is 0.793. The maximum absolute atomic E-state index is 11.8. The first-order valence-corrected chi connectivity index (χ1v) is 6.61. The summed E-state index contributed by atoms with van der Waals surface area (Å²) >= 11 is 0. The van der Waals surface area contributed by atoms with Gasteiger partial charge in [0.15, 0.2) is 0 Å². The third-order valence-corrected chi connectivity index (χ3v) is 3.31. The molecule has 0 bridgehead atoms. The molecule has 1 fully saturated rings. The second kappa shape index (κ2) is 6.27. The second-order valence-corrected chi connectivity index (χ2v) is 4.74. The van der Waals surface area contributed by atoms with Crippen molar-refractivity contribution in [3.05, 3.63) is 18.2 Å². The van der Waals surface area contributed by atoms with Crippen molar-refractivity contribution in [2.24, 2.45) is 0 Å². The van der Waals surface area contributed by atoms with Gasteiger partial charge >= 0.3 is 0 Å². The highest BCUT2D eigenvalue weighted by Crippen LogP contribution is 2.24. The molecule has 0 saturated carbocycles. The number of carbonyl (C=O) groups excluding carboxylic acids is 2. The van der Waals surface area contributed by atoms with Crippen LogP contribution in [0.3, 0.4) is 0 Å². The molecule has 6 nitrogen and oxygen atoms in total. The first kappa shape index (κ1) is 14.2. The number of hydrogen-bond donors (Lipinski definition) is 2. The summed E-state index contributed by atoms with van der Waals surface area (Å²) in [6, 6.07) is 5.09. The van der Waals surface area contributed by atoms with Crippen LogP contribution in [0.2, 0.25) is 0 Å². The summed E-state index contributed by atoms with van der Waals surface area (Å²) in [6.45, 7) is 1.21. The molecule has 2 rings (SSSR count). The molecule has 0 aliphatic carbocycles. The SMILES string of the molecule is COc1ccc(NC(=O)CCN2CCCC2=O)c(N)c1. The standard InChI is InChI=1S/C14H19N3O3/c1-20-10-4-5-12(11(15)9-10)16-13(18)6-8-17-7-2-3-14(17)19/h4-5,9H,2-3,6-8,15H2,1H3,(H,16,18). The largest absolute Gasteiger partial charge is 0.497 e. The van der Waals surface area contributed by atoms with Crippen molar-refractivity contribution in [3.63, 3.8) is 0 Å². The Hall–Kier alpha value is -2.24. The minimum absolute atomic E-state index is 0.127. The van der Waals surface area contributed by atoms with E-state index in [0.717, 1.165) is 13.0 Å². The molecule has 1 heterocycles. The molecule has 6 heteroatoms. The number of methoxy groups -OCH3 is 1. The number of nitrogen functional groups attached to an aromatic ring is 1. The maximum atomic E-state index is 11.8. The molecule has 0 spiro atoms. The number of nitrogens with one attached hydrogen (secondary N) is 1. The van der Waals surface area contributed by atoms with Crippen LogP contribution in [0, 0.1) is 0 Å². The molecule has 0 radical (unpaired) electrons. The Morgan fingerprint density at radius 1 is 1.50 bits per heavy atom. The fourth-order valence-corrected chi connectivity index (χ4v) is 2.17. The van der Waals surface area contributed by atoms with E-state index in [4.69, 9.17) is 10.5 Å². The summed E-state index contributed by atoms with van der Waals surface area (Å²) < 4.78 is 5.04. The van der Waals surface area contributed by atoms with Gasteiger partial charge in [-0.3, -0.25) is 9.59 Å². The topological polar surface area (TPSA) is 84.7 Å². The minimum atomic E-state index is -0.151. The first-order valence-electron chi connectivity index (χ1n) is 6.61. The van der Waals surface area contributed by atoms with Gasteiger partial charge < -0.3 is 20.7 Å². The van der Waals surface area contributed by atoms with Gasteiger partial charge in [0.2, 0.25) is 11.8 Å². The average Bonchev–Trinajstić information content (AvgIpc) is 2.84. The normalized spacial score (nSPS) is 14.4. The number of rotatable bonds is 5. The van der Waals surface area contributed by atoms with Gasteiger partial charge in [-0.05, 0) is 18.6 Å². The molecule has 1 aliphatic rings. The van der Waals surface area contributed by atoms with Gasteiger partial charge in [0, 0.05) is 32.0 Å². The molecule has 2 amide bonds. The van der Waals surface area contributed by atoms with E-state index < -0.39 is 0 Å². The van der Waals surface area contributed by atoms with Crippen molar-refractivity contribution >= 4 is 23.2 Å². The minimum Gasteiger partial charge on any atom is -0.497 e. The van der Waals surface area contributed by atoms with E-state index in [2.05, 4.69) is 5.32 Å². The number of carbonyl (C=O) groups is 2. The van der Waals surface area contributed by atoms with Gasteiger partial charge in [-0.2, -0.15) is 0 Å². The van der Waals surface area contributed by atoms with Crippen molar-refractivity contribution in [2.75, 3.05) is 31.2 Å². The third-order valence-electron chi connectivity index (χ3n) is 3.31. The van der Waals surface area contributed by atoms with E-state index in [0.29, 0.717) is 30.1 Å². The molecular weight excluding hydrogens is 258 g/mol. The highest BCUT2D eigenvalue weighted by Gasteiger charge is 2.20. The fourth-order valence-electron chi connectivity index (χ4n) is 2.17. The second-order valence-electron chi connectivity index (χ2n) is 4.74. The predicted octanol–water partition coefficient (Wildman–Crippen LogP) is 1.23. The molecule has 1 aromatic rings. The number of anilines is 2. The first-order chi connectivity index (χ1) is 9.60. The van der Waals surface area contributed by atoms with E-state index in [1.807, 2.05) is 0 Å². The molecule has 1 saturated heterocycles. The van der Waals surface area contributed by atoms with Crippen LogP contribution in [0.25, 0.3) is 0 Å². The number of ether oxygens (including phenoxy) is 1. The van der Waals surface area contributed by atoms with E-state index in [-0.39, 0.29) is 18.2 Å². The van der Waals surface area contributed by atoms with E-state index >= 15 is 0 Å². The van der Waals surface area contributed by atoms with Crippen LogP contribution in [0.5, 0.6) is 5.75 Å². The highest BCUT2D eigenvalue weighted by molar-refractivity contribution is 5.94. The van der Waals surface area contributed by atoms with Crippen LogP contribution in [0.4, 0.5) is 11.4 Å². The smallest absolute Gasteiger partial charge is 0.226 e. The zero-order chi connectivity index (χ0) is 14.5.